The van der Waals surface area contributed by atoms with E-state index in [4.69, 9.17) is 16.7 Å². The Morgan fingerprint density at radius 2 is 1.90 bits per heavy atom. The number of nitrogens with zero attached hydrogens (tertiary/aromatic N) is 1. The summed E-state index contributed by atoms with van der Waals surface area (Å²) in [7, 11) is 0. The van der Waals surface area contributed by atoms with Gasteiger partial charge >= 0.3 is 12.0 Å². The fraction of sp³-hybridized carbons (Fsp3) is 0.429. The Labute approximate surface area is 122 Å². The van der Waals surface area contributed by atoms with E-state index in [9.17, 15) is 9.59 Å². The van der Waals surface area contributed by atoms with E-state index in [-0.39, 0.29) is 6.03 Å². The largest absolute Gasteiger partial charge is 0.481 e. The molecule has 2 amide bonds. The molecular formula is C14H17ClN2O3. The van der Waals surface area contributed by atoms with E-state index in [0.717, 1.165) is 0 Å². The lowest BCUT2D eigenvalue weighted by atomic mass is 9.80. The van der Waals surface area contributed by atoms with Crippen molar-refractivity contribution in [3.05, 3.63) is 29.3 Å². The number of carboxylic acid groups (broad SMARTS) is 1. The van der Waals surface area contributed by atoms with Crippen molar-refractivity contribution in [1.29, 1.82) is 0 Å². The second kappa shape index (κ2) is 5.71. The van der Waals surface area contributed by atoms with Gasteiger partial charge in [-0.1, -0.05) is 23.7 Å². The van der Waals surface area contributed by atoms with Gasteiger partial charge in [0.15, 0.2) is 0 Å². The number of likely N-dealkylation sites (tertiary alicyclic amines) is 1. The maximum atomic E-state index is 12.1. The van der Waals surface area contributed by atoms with Gasteiger partial charge in [0.05, 0.1) is 16.1 Å². The molecule has 2 rings (SSSR count). The lowest BCUT2D eigenvalue weighted by Gasteiger charge is -2.36. The van der Waals surface area contributed by atoms with Crippen LogP contribution >= 0.6 is 11.6 Å². The molecule has 2 N–H and O–H groups in total. The van der Waals surface area contributed by atoms with Crippen molar-refractivity contribution in [3.8, 4) is 0 Å². The Hall–Kier alpha value is -1.75. The van der Waals surface area contributed by atoms with E-state index in [2.05, 4.69) is 5.32 Å². The fourth-order valence-electron chi connectivity index (χ4n) is 2.17. The number of aliphatic carboxylic acids is 1. The molecule has 1 aliphatic heterocycles. The molecule has 0 aromatic heterocycles. The van der Waals surface area contributed by atoms with Gasteiger partial charge in [0, 0.05) is 13.1 Å². The van der Waals surface area contributed by atoms with E-state index in [0.29, 0.717) is 36.6 Å². The van der Waals surface area contributed by atoms with Crippen molar-refractivity contribution >= 4 is 29.3 Å². The van der Waals surface area contributed by atoms with Crippen LogP contribution in [-0.4, -0.2) is 35.1 Å². The zero-order chi connectivity index (χ0) is 14.8. The first-order chi connectivity index (χ1) is 9.42. The number of hydrogen-bond acceptors (Lipinski definition) is 2. The normalized spacial score (nSPS) is 17.6. The maximum absolute atomic E-state index is 12.1. The van der Waals surface area contributed by atoms with Crippen LogP contribution in [0.25, 0.3) is 0 Å². The fourth-order valence-corrected chi connectivity index (χ4v) is 2.36. The number of carbonyl (C=O) groups excluding carboxylic acids is 1. The summed E-state index contributed by atoms with van der Waals surface area (Å²) in [6, 6.07) is 6.77. The quantitative estimate of drug-likeness (QED) is 0.881. The van der Waals surface area contributed by atoms with Crippen molar-refractivity contribution in [1.82, 2.24) is 4.90 Å². The number of anilines is 1. The first-order valence-corrected chi connectivity index (χ1v) is 6.84. The van der Waals surface area contributed by atoms with Gasteiger partial charge < -0.3 is 15.3 Å². The van der Waals surface area contributed by atoms with E-state index in [1.165, 1.54) is 0 Å². The summed E-state index contributed by atoms with van der Waals surface area (Å²) in [5, 5.41) is 12.4. The topological polar surface area (TPSA) is 69.6 Å². The van der Waals surface area contributed by atoms with Crippen LogP contribution in [-0.2, 0) is 4.79 Å². The summed E-state index contributed by atoms with van der Waals surface area (Å²) in [5.41, 5.74) is -0.174. The van der Waals surface area contributed by atoms with Gasteiger partial charge in [0.2, 0.25) is 0 Å². The van der Waals surface area contributed by atoms with Crippen LogP contribution in [0.4, 0.5) is 10.5 Å². The molecule has 6 heteroatoms. The van der Waals surface area contributed by atoms with Crippen molar-refractivity contribution in [3.63, 3.8) is 0 Å². The monoisotopic (exact) mass is 296 g/mol. The highest BCUT2D eigenvalue weighted by Gasteiger charge is 2.38. The Balaban J connectivity index is 1.96. The number of para-hydroxylation sites is 1. The highest BCUT2D eigenvalue weighted by atomic mass is 35.5. The number of carbonyl (C=O) groups is 2. The van der Waals surface area contributed by atoms with E-state index in [1.807, 2.05) is 0 Å². The minimum absolute atomic E-state index is 0.245. The molecule has 5 nitrogen and oxygen atoms in total. The lowest BCUT2D eigenvalue weighted by molar-refractivity contribution is -0.150. The zero-order valence-corrected chi connectivity index (χ0v) is 12.0. The van der Waals surface area contributed by atoms with Crippen LogP contribution in [0.5, 0.6) is 0 Å². The van der Waals surface area contributed by atoms with Gasteiger partial charge in [-0.05, 0) is 31.9 Å². The van der Waals surface area contributed by atoms with E-state index >= 15 is 0 Å². The molecule has 0 saturated carbocycles. The number of nitrogens with one attached hydrogen (secondary N) is 1. The van der Waals surface area contributed by atoms with Gasteiger partial charge in [0.25, 0.3) is 0 Å². The smallest absolute Gasteiger partial charge is 0.321 e. The number of halogens is 1. The molecule has 1 aliphatic rings. The molecule has 108 valence electrons. The summed E-state index contributed by atoms with van der Waals surface area (Å²) in [5.74, 6) is -0.802. The van der Waals surface area contributed by atoms with Crippen LogP contribution in [0.15, 0.2) is 24.3 Å². The third-order valence-electron chi connectivity index (χ3n) is 3.79. The first kappa shape index (κ1) is 14.7. The molecule has 0 atom stereocenters. The molecule has 0 aliphatic carbocycles. The van der Waals surface area contributed by atoms with Gasteiger partial charge in [-0.25, -0.2) is 4.79 Å². The third-order valence-corrected chi connectivity index (χ3v) is 4.12. The maximum Gasteiger partial charge on any atom is 0.321 e. The Kier molecular flexibility index (Phi) is 4.18. The Bertz CT molecular complexity index is 525. The molecule has 0 bridgehead atoms. The molecule has 1 fully saturated rings. The van der Waals surface area contributed by atoms with E-state index in [1.54, 1.807) is 36.1 Å². The minimum Gasteiger partial charge on any atom is -0.481 e. The summed E-state index contributed by atoms with van der Waals surface area (Å²) in [6.07, 6.45) is 0.913. The molecule has 20 heavy (non-hydrogen) atoms. The highest BCUT2D eigenvalue weighted by Crippen LogP contribution is 2.31. The number of hydrogen-bond donors (Lipinski definition) is 2. The Morgan fingerprint density at radius 1 is 1.30 bits per heavy atom. The van der Waals surface area contributed by atoms with Crippen LogP contribution in [0.2, 0.25) is 5.02 Å². The zero-order valence-electron chi connectivity index (χ0n) is 11.2. The number of carboxylic acids is 1. The van der Waals surface area contributed by atoms with Gasteiger partial charge in [-0.15, -0.1) is 0 Å². The van der Waals surface area contributed by atoms with Crippen LogP contribution < -0.4 is 5.32 Å². The average molecular weight is 297 g/mol. The number of amides is 2. The molecule has 1 aromatic carbocycles. The molecule has 1 saturated heterocycles. The van der Waals surface area contributed by atoms with Crippen molar-refractivity contribution in [2.45, 2.75) is 19.8 Å². The van der Waals surface area contributed by atoms with Crippen molar-refractivity contribution < 1.29 is 14.7 Å². The highest BCUT2D eigenvalue weighted by molar-refractivity contribution is 6.33. The third kappa shape index (κ3) is 3.04. The predicted octanol–water partition coefficient (Wildman–Crippen LogP) is 3.06. The SMILES string of the molecule is CC1(C(=O)O)CCN(C(=O)Nc2ccccc2Cl)CC1. The van der Waals surface area contributed by atoms with Crippen molar-refractivity contribution in [2.75, 3.05) is 18.4 Å². The molecule has 0 spiro atoms. The van der Waals surface area contributed by atoms with Crippen molar-refractivity contribution in [2.24, 2.45) is 5.41 Å². The van der Waals surface area contributed by atoms with Crippen LogP contribution in [0.1, 0.15) is 19.8 Å². The molecule has 0 radical (unpaired) electrons. The summed E-state index contributed by atoms with van der Waals surface area (Å²) >= 11 is 5.98. The number of rotatable bonds is 2. The Morgan fingerprint density at radius 3 is 2.45 bits per heavy atom. The number of benzene rings is 1. The number of piperidine rings is 1. The standard InChI is InChI=1S/C14H17ClN2O3/c1-14(12(18)19)6-8-17(9-7-14)13(20)16-11-5-3-2-4-10(11)15/h2-5H,6-9H2,1H3,(H,16,20)(H,18,19). The molecule has 1 heterocycles. The second-order valence-corrected chi connectivity index (χ2v) is 5.67. The predicted molar refractivity (Wildman–Crippen MR) is 77.0 cm³/mol. The molecular weight excluding hydrogens is 280 g/mol. The summed E-state index contributed by atoms with van der Waals surface area (Å²) < 4.78 is 0. The molecule has 1 aromatic rings. The van der Waals surface area contributed by atoms with E-state index < -0.39 is 11.4 Å². The van der Waals surface area contributed by atoms with Gasteiger partial charge in [0.1, 0.15) is 0 Å². The lowest BCUT2D eigenvalue weighted by Crippen LogP contribution is -2.46. The average Bonchev–Trinajstić information content (AvgIpc) is 2.42. The minimum atomic E-state index is -0.802. The van der Waals surface area contributed by atoms with Gasteiger partial charge in [-0.2, -0.15) is 0 Å². The van der Waals surface area contributed by atoms with Crippen LogP contribution in [0.3, 0.4) is 0 Å². The number of urea groups is 1. The summed E-state index contributed by atoms with van der Waals surface area (Å²) in [4.78, 5) is 24.9. The van der Waals surface area contributed by atoms with Crippen LogP contribution in [0, 0.1) is 5.41 Å². The second-order valence-electron chi connectivity index (χ2n) is 5.26. The van der Waals surface area contributed by atoms with Gasteiger partial charge in [-0.3, -0.25) is 4.79 Å². The first-order valence-electron chi connectivity index (χ1n) is 6.46. The summed E-state index contributed by atoms with van der Waals surface area (Å²) in [6.45, 7) is 2.58. The molecule has 0 unspecified atom stereocenters.